The molecule has 0 bridgehead atoms. The van der Waals surface area contributed by atoms with Gasteiger partial charge in [0.25, 0.3) is 0 Å². The van der Waals surface area contributed by atoms with Gasteiger partial charge in [0, 0.05) is 19.0 Å². The average Bonchev–Trinajstić information content (AvgIpc) is 2.35. The van der Waals surface area contributed by atoms with Gasteiger partial charge in [-0.05, 0) is 33.1 Å². The number of amides is 1. The molecule has 1 N–H and O–H groups in total. The van der Waals surface area contributed by atoms with E-state index in [1.807, 2.05) is 13.8 Å². The Morgan fingerprint density at radius 2 is 1.94 bits per heavy atom. The maximum Gasteiger partial charge on any atom is 0.306 e. The minimum Gasteiger partial charge on any atom is -0.481 e. The number of hydrogen-bond donors (Lipinski definition) is 1. The summed E-state index contributed by atoms with van der Waals surface area (Å²) in [7, 11) is 0. The zero-order chi connectivity index (χ0) is 13.7. The third-order valence-corrected chi connectivity index (χ3v) is 3.53. The van der Waals surface area contributed by atoms with Crippen molar-refractivity contribution in [2.45, 2.75) is 39.5 Å². The van der Waals surface area contributed by atoms with Gasteiger partial charge in [-0.2, -0.15) is 0 Å². The van der Waals surface area contributed by atoms with Crippen molar-refractivity contribution in [2.75, 3.05) is 13.1 Å². The second kappa shape index (κ2) is 6.57. The van der Waals surface area contributed by atoms with E-state index in [2.05, 4.69) is 6.58 Å². The molecule has 102 valence electrons. The lowest BCUT2D eigenvalue weighted by Gasteiger charge is -2.31. The Labute approximate surface area is 109 Å². The standard InChI is InChI=1S/C14H23NO3/c1-4-15(9-10(2)3)13(16)11-6-5-7-12(8-11)14(17)18/h11-12H,2,4-9H2,1,3H3,(H,17,18). The summed E-state index contributed by atoms with van der Waals surface area (Å²) in [5.74, 6) is -1.16. The highest BCUT2D eigenvalue weighted by Crippen LogP contribution is 2.30. The number of carbonyl (C=O) groups is 2. The Balaban J connectivity index is 2.64. The highest BCUT2D eigenvalue weighted by atomic mass is 16.4. The summed E-state index contributed by atoms with van der Waals surface area (Å²) in [6.07, 6.45) is 2.83. The fourth-order valence-corrected chi connectivity index (χ4v) is 2.57. The first-order valence-electron chi connectivity index (χ1n) is 6.61. The average molecular weight is 253 g/mol. The minimum atomic E-state index is -0.768. The molecule has 0 aromatic rings. The smallest absolute Gasteiger partial charge is 0.306 e. The topological polar surface area (TPSA) is 57.6 Å². The maximum atomic E-state index is 12.3. The van der Waals surface area contributed by atoms with Crippen molar-refractivity contribution < 1.29 is 14.7 Å². The number of likely N-dealkylation sites (N-methyl/N-ethyl adjacent to an activating group) is 1. The van der Waals surface area contributed by atoms with Gasteiger partial charge in [0.15, 0.2) is 0 Å². The number of carboxylic acids is 1. The summed E-state index contributed by atoms with van der Waals surface area (Å²) in [4.78, 5) is 25.1. The Morgan fingerprint density at radius 3 is 2.44 bits per heavy atom. The van der Waals surface area contributed by atoms with Crippen LogP contribution in [0.3, 0.4) is 0 Å². The first-order valence-corrected chi connectivity index (χ1v) is 6.61. The molecular formula is C14H23NO3. The normalized spacial score (nSPS) is 23.4. The molecule has 1 amide bonds. The lowest BCUT2D eigenvalue weighted by atomic mass is 9.80. The highest BCUT2D eigenvalue weighted by Gasteiger charge is 2.32. The van der Waals surface area contributed by atoms with E-state index >= 15 is 0 Å². The molecule has 18 heavy (non-hydrogen) atoms. The monoisotopic (exact) mass is 253 g/mol. The van der Waals surface area contributed by atoms with Crippen LogP contribution in [-0.4, -0.2) is 35.0 Å². The first kappa shape index (κ1) is 14.7. The van der Waals surface area contributed by atoms with E-state index < -0.39 is 5.97 Å². The van der Waals surface area contributed by atoms with Crippen LogP contribution in [0.25, 0.3) is 0 Å². The van der Waals surface area contributed by atoms with Crippen molar-refractivity contribution in [2.24, 2.45) is 11.8 Å². The fraction of sp³-hybridized carbons (Fsp3) is 0.714. The Kier molecular flexibility index (Phi) is 5.38. The molecule has 0 aromatic carbocycles. The molecule has 4 heteroatoms. The molecule has 0 spiro atoms. The molecule has 1 aliphatic carbocycles. The van der Waals surface area contributed by atoms with Crippen LogP contribution in [0.15, 0.2) is 12.2 Å². The van der Waals surface area contributed by atoms with E-state index in [1.165, 1.54) is 0 Å². The zero-order valence-corrected chi connectivity index (χ0v) is 11.3. The summed E-state index contributed by atoms with van der Waals surface area (Å²) >= 11 is 0. The molecule has 2 atom stereocenters. The fourth-order valence-electron chi connectivity index (χ4n) is 2.57. The van der Waals surface area contributed by atoms with Gasteiger partial charge in [0.1, 0.15) is 0 Å². The predicted octanol–water partition coefficient (Wildman–Crippen LogP) is 2.30. The van der Waals surface area contributed by atoms with Gasteiger partial charge in [-0.1, -0.05) is 18.6 Å². The van der Waals surface area contributed by atoms with Gasteiger partial charge in [0.2, 0.25) is 5.91 Å². The third-order valence-electron chi connectivity index (χ3n) is 3.53. The molecule has 0 heterocycles. The van der Waals surface area contributed by atoms with E-state index in [1.54, 1.807) is 4.90 Å². The van der Waals surface area contributed by atoms with Crippen LogP contribution in [0.4, 0.5) is 0 Å². The zero-order valence-electron chi connectivity index (χ0n) is 11.3. The molecule has 0 aromatic heterocycles. The van der Waals surface area contributed by atoms with E-state index in [0.717, 1.165) is 18.4 Å². The van der Waals surface area contributed by atoms with Crippen molar-refractivity contribution in [1.82, 2.24) is 4.90 Å². The quantitative estimate of drug-likeness (QED) is 0.765. The van der Waals surface area contributed by atoms with Gasteiger partial charge in [-0.3, -0.25) is 9.59 Å². The number of aliphatic carboxylic acids is 1. The largest absolute Gasteiger partial charge is 0.481 e. The first-order chi connectivity index (χ1) is 8.45. The summed E-state index contributed by atoms with van der Waals surface area (Å²) in [5, 5.41) is 9.04. The number of carbonyl (C=O) groups excluding carboxylic acids is 1. The minimum absolute atomic E-state index is 0.0893. The lowest BCUT2D eigenvalue weighted by molar-refractivity contribution is -0.145. The number of nitrogens with zero attached hydrogens (tertiary/aromatic N) is 1. The molecule has 2 unspecified atom stereocenters. The molecule has 1 rings (SSSR count). The van der Waals surface area contributed by atoms with Crippen molar-refractivity contribution in [3.8, 4) is 0 Å². The van der Waals surface area contributed by atoms with Crippen LogP contribution in [0, 0.1) is 11.8 Å². The van der Waals surface area contributed by atoms with E-state index in [4.69, 9.17) is 5.11 Å². The van der Waals surface area contributed by atoms with Crippen LogP contribution in [-0.2, 0) is 9.59 Å². The predicted molar refractivity (Wildman–Crippen MR) is 70.2 cm³/mol. The van der Waals surface area contributed by atoms with Crippen molar-refractivity contribution in [3.63, 3.8) is 0 Å². The molecule has 4 nitrogen and oxygen atoms in total. The summed E-state index contributed by atoms with van der Waals surface area (Å²) in [6, 6.07) is 0. The van der Waals surface area contributed by atoms with E-state index in [-0.39, 0.29) is 17.7 Å². The molecule has 1 aliphatic rings. The maximum absolute atomic E-state index is 12.3. The molecule has 0 aliphatic heterocycles. The van der Waals surface area contributed by atoms with Gasteiger partial charge in [-0.15, -0.1) is 0 Å². The third kappa shape index (κ3) is 3.86. The molecule has 0 radical (unpaired) electrons. The summed E-state index contributed by atoms with van der Waals surface area (Å²) in [6.45, 7) is 8.89. The van der Waals surface area contributed by atoms with Crippen LogP contribution in [0.1, 0.15) is 39.5 Å². The van der Waals surface area contributed by atoms with Crippen LogP contribution < -0.4 is 0 Å². The molecule has 1 saturated carbocycles. The molecule has 0 saturated heterocycles. The van der Waals surface area contributed by atoms with Crippen molar-refractivity contribution in [1.29, 1.82) is 0 Å². The number of carboxylic acid groups (broad SMARTS) is 1. The van der Waals surface area contributed by atoms with Crippen LogP contribution in [0.5, 0.6) is 0 Å². The SMILES string of the molecule is C=C(C)CN(CC)C(=O)C1CCCC(C(=O)O)C1. The van der Waals surface area contributed by atoms with Crippen LogP contribution in [0.2, 0.25) is 0 Å². The van der Waals surface area contributed by atoms with Gasteiger partial charge < -0.3 is 10.0 Å². The molecular weight excluding hydrogens is 230 g/mol. The van der Waals surface area contributed by atoms with Crippen molar-refractivity contribution in [3.05, 3.63) is 12.2 Å². The number of rotatable bonds is 5. The molecule has 1 fully saturated rings. The Hall–Kier alpha value is -1.32. The van der Waals surface area contributed by atoms with Gasteiger partial charge >= 0.3 is 5.97 Å². The highest BCUT2D eigenvalue weighted by molar-refractivity contribution is 5.80. The Morgan fingerprint density at radius 1 is 1.33 bits per heavy atom. The van der Waals surface area contributed by atoms with Gasteiger partial charge in [-0.25, -0.2) is 0 Å². The number of hydrogen-bond acceptors (Lipinski definition) is 2. The van der Waals surface area contributed by atoms with Crippen LogP contribution >= 0.6 is 0 Å². The van der Waals surface area contributed by atoms with Crippen molar-refractivity contribution >= 4 is 11.9 Å². The Bertz CT molecular complexity index is 338. The summed E-state index contributed by atoms with van der Waals surface area (Å²) < 4.78 is 0. The lowest BCUT2D eigenvalue weighted by Crippen LogP contribution is -2.39. The second-order valence-corrected chi connectivity index (χ2v) is 5.21. The second-order valence-electron chi connectivity index (χ2n) is 5.21. The van der Waals surface area contributed by atoms with E-state index in [9.17, 15) is 9.59 Å². The van der Waals surface area contributed by atoms with Gasteiger partial charge in [0.05, 0.1) is 5.92 Å². The summed E-state index contributed by atoms with van der Waals surface area (Å²) in [5.41, 5.74) is 0.954. The van der Waals surface area contributed by atoms with E-state index in [0.29, 0.717) is 25.9 Å².